The Labute approximate surface area is 186 Å². The highest BCUT2D eigenvalue weighted by atomic mass is 32.2. The lowest BCUT2D eigenvalue weighted by molar-refractivity contribution is -0.129. The molecule has 2 atom stereocenters. The zero-order chi connectivity index (χ0) is 22.9. The summed E-state index contributed by atoms with van der Waals surface area (Å²) in [5.74, 6) is -0.469. The number of fused-ring (bicyclic) bond motifs is 1. The summed E-state index contributed by atoms with van der Waals surface area (Å²) in [6.45, 7) is 4.66. The molecule has 2 N–H and O–H groups in total. The van der Waals surface area contributed by atoms with Crippen molar-refractivity contribution in [2.24, 2.45) is 5.92 Å². The second-order valence-corrected chi connectivity index (χ2v) is 10.8. The van der Waals surface area contributed by atoms with Gasteiger partial charge in [0.05, 0.1) is 22.3 Å². The monoisotopic (exact) mass is 457 g/mol. The Hall–Kier alpha value is -3.01. The number of rotatable bonds is 5. The third kappa shape index (κ3) is 4.45. The molecule has 0 bridgehead atoms. The van der Waals surface area contributed by atoms with Gasteiger partial charge in [0.15, 0.2) is 15.5 Å². The van der Waals surface area contributed by atoms with Gasteiger partial charge in [-0.15, -0.1) is 0 Å². The molecule has 2 unspecified atom stereocenters. The van der Waals surface area contributed by atoms with E-state index >= 15 is 0 Å². The summed E-state index contributed by atoms with van der Waals surface area (Å²) in [5, 5.41) is 9.23. The predicted octanol–water partition coefficient (Wildman–Crippen LogP) is 1.61. The van der Waals surface area contributed by atoms with Crippen LogP contribution in [0.2, 0.25) is 0 Å². The number of carbonyl (C=O) groups excluding carboxylic acids is 2. The largest absolute Gasteiger partial charge is 0.348 e. The maximum atomic E-state index is 13.2. The number of nitrogens with zero attached hydrogens (tertiary/aromatic N) is 3. The molecule has 2 amide bonds. The predicted molar refractivity (Wildman–Crippen MR) is 121 cm³/mol. The molecule has 32 heavy (non-hydrogen) atoms. The number of hydrogen-bond donors (Lipinski definition) is 2. The zero-order valence-corrected chi connectivity index (χ0v) is 18.9. The number of hydrogen-bond acceptors (Lipinski definition) is 6. The fraction of sp³-hybridized carbons (Fsp3) is 0.455. The molecular weight excluding hydrogens is 430 g/mol. The van der Waals surface area contributed by atoms with Gasteiger partial charge in [-0.1, -0.05) is 25.2 Å². The van der Waals surface area contributed by atoms with Crippen molar-refractivity contribution in [3.05, 3.63) is 47.8 Å². The summed E-state index contributed by atoms with van der Waals surface area (Å²) in [4.78, 5) is 29.9. The van der Waals surface area contributed by atoms with Crippen molar-refractivity contribution < 1.29 is 18.0 Å². The van der Waals surface area contributed by atoms with Crippen molar-refractivity contribution in [1.29, 1.82) is 0 Å². The number of piperidine rings is 1. The molecule has 4 rings (SSSR count). The van der Waals surface area contributed by atoms with Crippen molar-refractivity contribution in [1.82, 2.24) is 25.4 Å². The molecule has 2 aromatic rings. The number of carbonyl (C=O) groups is 2. The van der Waals surface area contributed by atoms with Gasteiger partial charge in [0.25, 0.3) is 5.91 Å². The van der Waals surface area contributed by atoms with Crippen LogP contribution in [0, 0.1) is 5.92 Å². The van der Waals surface area contributed by atoms with E-state index in [1.165, 1.54) is 13.1 Å². The number of aromatic nitrogens is 3. The summed E-state index contributed by atoms with van der Waals surface area (Å²) in [5.41, 5.74) is 1.92. The average molecular weight is 458 g/mol. The van der Waals surface area contributed by atoms with Gasteiger partial charge >= 0.3 is 0 Å². The highest BCUT2D eigenvalue weighted by Crippen LogP contribution is 2.29. The van der Waals surface area contributed by atoms with Crippen LogP contribution >= 0.6 is 0 Å². The van der Waals surface area contributed by atoms with E-state index in [2.05, 4.69) is 20.5 Å². The Morgan fingerprint density at radius 3 is 2.69 bits per heavy atom. The molecule has 0 spiro atoms. The fourth-order valence-corrected chi connectivity index (χ4v) is 6.66. The van der Waals surface area contributed by atoms with Crippen LogP contribution in [-0.2, 0) is 14.6 Å². The van der Waals surface area contributed by atoms with Crippen LogP contribution in [0.25, 0.3) is 11.0 Å². The first kappa shape index (κ1) is 22.2. The SMILES string of the molecule is CC(=O)N1CCC(S(=O)(=O)C2C=CC(CNC(=O)c3cnc4[nH]ncc4c3)=CC2C)CC1. The third-order valence-corrected chi connectivity index (χ3v) is 8.98. The lowest BCUT2D eigenvalue weighted by Crippen LogP contribution is -2.45. The number of pyridine rings is 1. The van der Waals surface area contributed by atoms with Crippen LogP contribution in [0.5, 0.6) is 0 Å². The van der Waals surface area contributed by atoms with Gasteiger partial charge in [-0.25, -0.2) is 13.4 Å². The van der Waals surface area contributed by atoms with Gasteiger partial charge in [-0.05, 0) is 30.4 Å². The van der Waals surface area contributed by atoms with E-state index in [1.807, 2.05) is 13.0 Å². The van der Waals surface area contributed by atoms with E-state index in [4.69, 9.17) is 0 Å². The summed E-state index contributed by atoms with van der Waals surface area (Å²) in [6, 6.07) is 1.72. The average Bonchev–Trinajstić information content (AvgIpc) is 3.25. The molecule has 0 radical (unpaired) electrons. The first-order chi connectivity index (χ1) is 15.3. The summed E-state index contributed by atoms with van der Waals surface area (Å²) < 4.78 is 26.4. The van der Waals surface area contributed by atoms with Crippen LogP contribution in [0.4, 0.5) is 0 Å². The van der Waals surface area contributed by atoms with E-state index in [-0.39, 0.29) is 17.7 Å². The van der Waals surface area contributed by atoms with Gasteiger partial charge in [-0.2, -0.15) is 5.10 Å². The summed E-state index contributed by atoms with van der Waals surface area (Å²) >= 11 is 0. The van der Waals surface area contributed by atoms with E-state index in [0.29, 0.717) is 43.7 Å². The number of nitrogens with one attached hydrogen (secondary N) is 2. The summed E-state index contributed by atoms with van der Waals surface area (Å²) in [7, 11) is -3.37. The highest BCUT2D eigenvalue weighted by Gasteiger charge is 2.38. The standard InChI is InChI=1S/C22H27N5O4S/c1-14-9-16(11-24-22(29)18-10-17-13-25-26-21(17)23-12-18)3-4-20(14)32(30,31)19-5-7-27(8-6-19)15(2)28/h3-4,9-10,12-14,19-20H,5-8,11H2,1-2H3,(H,24,29)(H,23,25,26). The summed E-state index contributed by atoms with van der Waals surface area (Å²) in [6.07, 6.45) is 9.47. The molecule has 3 heterocycles. The Kier molecular flexibility index (Phi) is 6.14. The second kappa shape index (κ2) is 8.85. The van der Waals surface area contributed by atoms with Gasteiger partial charge < -0.3 is 10.2 Å². The Balaban J connectivity index is 1.36. The van der Waals surface area contributed by atoms with Crippen LogP contribution in [-0.4, -0.2) is 70.4 Å². The number of H-pyrrole nitrogens is 1. The molecule has 0 aromatic carbocycles. The maximum absolute atomic E-state index is 13.2. The number of amides is 2. The van der Waals surface area contributed by atoms with Gasteiger partial charge in [0.1, 0.15) is 0 Å². The van der Waals surface area contributed by atoms with E-state index in [9.17, 15) is 18.0 Å². The molecular formula is C22H27N5O4S. The Morgan fingerprint density at radius 1 is 1.25 bits per heavy atom. The number of aromatic amines is 1. The van der Waals surface area contributed by atoms with Crippen molar-refractivity contribution in [2.75, 3.05) is 19.6 Å². The number of sulfone groups is 1. The lowest BCUT2D eigenvalue weighted by Gasteiger charge is -2.34. The van der Waals surface area contributed by atoms with E-state index in [0.717, 1.165) is 11.0 Å². The Bertz CT molecular complexity index is 1190. The highest BCUT2D eigenvalue weighted by molar-refractivity contribution is 7.92. The first-order valence-corrected chi connectivity index (χ1v) is 12.3. The van der Waals surface area contributed by atoms with Crippen LogP contribution < -0.4 is 5.32 Å². The molecule has 2 aromatic heterocycles. The molecule has 1 aliphatic carbocycles. The zero-order valence-electron chi connectivity index (χ0n) is 18.1. The molecule has 10 heteroatoms. The minimum atomic E-state index is -3.37. The van der Waals surface area contributed by atoms with Crippen molar-refractivity contribution in [3.8, 4) is 0 Å². The first-order valence-electron chi connectivity index (χ1n) is 10.7. The lowest BCUT2D eigenvalue weighted by atomic mass is 9.97. The van der Waals surface area contributed by atoms with Crippen molar-refractivity contribution in [3.63, 3.8) is 0 Å². The Morgan fingerprint density at radius 2 is 2.00 bits per heavy atom. The van der Waals surface area contributed by atoms with E-state index in [1.54, 1.807) is 29.3 Å². The van der Waals surface area contributed by atoms with Crippen molar-refractivity contribution in [2.45, 2.75) is 37.2 Å². The molecule has 1 saturated heterocycles. The quantitative estimate of drug-likeness (QED) is 0.703. The molecule has 1 fully saturated rings. The van der Waals surface area contributed by atoms with Crippen LogP contribution in [0.15, 0.2) is 42.3 Å². The number of likely N-dealkylation sites (tertiary alicyclic amines) is 1. The van der Waals surface area contributed by atoms with Gasteiger partial charge in [0.2, 0.25) is 5.91 Å². The molecule has 0 saturated carbocycles. The van der Waals surface area contributed by atoms with Gasteiger partial charge in [-0.3, -0.25) is 14.7 Å². The molecule has 170 valence electrons. The second-order valence-electron chi connectivity index (χ2n) is 8.43. The van der Waals surface area contributed by atoms with Gasteiger partial charge in [0, 0.05) is 38.1 Å². The maximum Gasteiger partial charge on any atom is 0.253 e. The minimum Gasteiger partial charge on any atom is -0.348 e. The number of allylic oxidation sites excluding steroid dienone is 1. The smallest absolute Gasteiger partial charge is 0.253 e. The van der Waals surface area contributed by atoms with Crippen molar-refractivity contribution >= 4 is 32.7 Å². The third-order valence-electron chi connectivity index (χ3n) is 6.23. The fourth-order valence-electron chi connectivity index (χ4n) is 4.37. The normalized spacial score (nSPS) is 22.1. The molecule has 1 aliphatic heterocycles. The van der Waals surface area contributed by atoms with Crippen LogP contribution in [0.1, 0.15) is 37.0 Å². The minimum absolute atomic E-state index is 0.0122. The topological polar surface area (TPSA) is 125 Å². The molecule has 9 nitrogen and oxygen atoms in total. The molecule has 2 aliphatic rings. The van der Waals surface area contributed by atoms with Crippen LogP contribution in [0.3, 0.4) is 0 Å². The van der Waals surface area contributed by atoms with E-state index < -0.39 is 20.3 Å².